The maximum atomic E-state index is 11.3. The fourth-order valence-corrected chi connectivity index (χ4v) is 2.62. The monoisotopic (exact) mass is 283 g/mol. The lowest BCUT2D eigenvalue weighted by Gasteiger charge is -2.34. The van der Waals surface area contributed by atoms with E-state index in [-0.39, 0.29) is 5.91 Å². The van der Waals surface area contributed by atoms with Crippen LogP contribution in [0.15, 0.2) is 0 Å². The second-order valence-corrected chi connectivity index (χ2v) is 5.84. The second kappa shape index (κ2) is 11.1. The standard InChI is InChI=1S/C16H33N3O/c1-3-5-10-18-12-14-19(15-13-18)11-7-6-9-17-16(20)8-4-2/h3-15H2,1-2H3,(H,17,20). The summed E-state index contributed by atoms with van der Waals surface area (Å²) in [5.74, 6) is 0.206. The summed E-state index contributed by atoms with van der Waals surface area (Å²) in [5.41, 5.74) is 0. The normalized spacial score (nSPS) is 17.3. The highest BCUT2D eigenvalue weighted by Gasteiger charge is 2.15. The smallest absolute Gasteiger partial charge is 0.219 e. The van der Waals surface area contributed by atoms with Crippen molar-refractivity contribution in [3.63, 3.8) is 0 Å². The van der Waals surface area contributed by atoms with E-state index in [4.69, 9.17) is 0 Å². The number of piperazine rings is 1. The molecule has 1 rings (SSSR count). The molecule has 0 aromatic heterocycles. The van der Waals surface area contributed by atoms with Gasteiger partial charge in [-0.2, -0.15) is 0 Å². The van der Waals surface area contributed by atoms with Gasteiger partial charge in [-0.1, -0.05) is 20.3 Å². The average Bonchev–Trinajstić information content (AvgIpc) is 2.46. The Morgan fingerprint density at radius 2 is 1.50 bits per heavy atom. The number of amides is 1. The van der Waals surface area contributed by atoms with Crippen LogP contribution in [0.4, 0.5) is 0 Å². The topological polar surface area (TPSA) is 35.6 Å². The van der Waals surface area contributed by atoms with E-state index in [0.29, 0.717) is 6.42 Å². The molecule has 0 aromatic rings. The van der Waals surface area contributed by atoms with Crippen LogP contribution in [0.3, 0.4) is 0 Å². The van der Waals surface area contributed by atoms with Gasteiger partial charge in [-0.05, 0) is 38.8 Å². The number of hydrogen-bond acceptors (Lipinski definition) is 3. The van der Waals surface area contributed by atoms with Crippen LogP contribution in [0.2, 0.25) is 0 Å². The minimum atomic E-state index is 0.206. The zero-order valence-corrected chi connectivity index (χ0v) is 13.5. The fourth-order valence-electron chi connectivity index (χ4n) is 2.62. The van der Waals surface area contributed by atoms with Crippen LogP contribution < -0.4 is 5.32 Å². The summed E-state index contributed by atoms with van der Waals surface area (Å²) in [6, 6.07) is 0. The summed E-state index contributed by atoms with van der Waals surface area (Å²) >= 11 is 0. The van der Waals surface area contributed by atoms with Gasteiger partial charge in [0.05, 0.1) is 0 Å². The lowest BCUT2D eigenvalue weighted by Crippen LogP contribution is -2.46. The van der Waals surface area contributed by atoms with Crippen LogP contribution in [-0.4, -0.2) is 61.5 Å². The molecular formula is C16H33N3O. The predicted octanol–water partition coefficient (Wildman–Crippen LogP) is 2.10. The molecule has 1 amide bonds. The third-order valence-corrected chi connectivity index (χ3v) is 3.99. The summed E-state index contributed by atoms with van der Waals surface area (Å²) < 4.78 is 0. The Bertz CT molecular complexity index is 250. The second-order valence-electron chi connectivity index (χ2n) is 5.84. The molecule has 0 saturated carbocycles. The fraction of sp³-hybridized carbons (Fsp3) is 0.938. The molecule has 20 heavy (non-hydrogen) atoms. The third-order valence-electron chi connectivity index (χ3n) is 3.99. The molecule has 0 bridgehead atoms. The van der Waals surface area contributed by atoms with Gasteiger partial charge in [0.1, 0.15) is 0 Å². The van der Waals surface area contributed by atoms with E-state index in [9.17, 15) is 4.79 Å². The molecule has 0 unspecified atom stereocenters. The Kier molecular flexibility index (Phi) is 9.67. The van der Waals surface area contributed by atoms with Crippen LogP contribution in [0.25, 0.3) is 0 Å². The van der Waals surface area contributed by atoms with Crippen molar-refractivity contribution in [1.82, 2.24) is 15.1 Å². The Hall–Kier alpha value is -0.610. The highest BCUT2D eigenvalue weighted by atomic mass is 16.1. The zero-order valence-electron chi connectivity index (χ0n) is 13.5. The van der Waals surface area contributed by atoms with Crippen molar-refractivity contribution < 1.29 is 4.79 Å². The average molecular weight is 283 g/mol. The summed E-state index contributed by atoms with van der Waals surface area (Å²) in [7, 11) is 0. The van der Waals surface area contributed by atoms with Gasteiger partial charge in [-0.15, -0.1) is 0 Å². The molecule has 4 heteroatoms. The molecule has 1 saturated heterocycles. The van der Waals surface area contributed by atoms with E-state index in [1.807, 2.05) is 6.92 Å². The van der Waals surface area contributed by atoms with Gasteiger partial charge in [0.2, 0.25) is 5.91 Å². The minimum absolute atomic E-state index is 0.206. The molecule has 1 heterocycles. The van der Waals surface area contributed by atoms with Crippen LogP contribution in [0.1, 0.15) is 52.4 Å². The molecule has 4 nitrogen and oxygen atoms in total. The Morgan fingerprint density at radius 3 is 2.05 bits per heavy atom. The van der Waals surface area contributed by atoms with E-state index in [1.54, 1.807) is 0 Å². The molecule has 1 N–H and O–H groups in total. The summed E-state index contributed by atoms with van der Waals surface area (Å²) in [6.45, 7) is 12.5. The molecule has 118 valence electrons. The van der Waals surface area contributed by atoms with E-state index < -0.39 is 0 Å². The van der Waals surface area contributed by atoms with Crippen LogP contribution in [-0.2, 0) is 4.79 Å². The van der Waals surface area contributed by atoms with Crippen molar-refractivity contribution in [3.8, 4) is 0 Å². The molecule has 0 aliphatic carbocycles. The molecule has 0 aromatic carbocycles. The molecule has 1 fully saturated rings. The van der Waals surface area contributed by atoms with Gasteiger partial charge in [-0.3, -0.25) is 4.79 Å². The van der Waals surface area contributed by atoms with E-state index in [0.717, 1.165) is 19.4 Å². The first-order chi connectivity index (χ1) is 9.76. The van der Waals surface area contributed by atoms with Gasteiger partial charge >= 0.3 is 0 Å². The lowest BCUT2D eigenvalue weighted by molar-refractivity contribution is -0.121. The predicted molar refractivity (Wildman–Crippen MR) is 84.9 cm³/mol. The first-order valence-electron chi connectivity index (χ1n) is 8.47. The third kappa shape index (κ3) is 7.85. The lowest BCUT2D eigenvalue weighted by atomic mass is 10.2. The van der Waals surface area contributed by atoms with Gasteiger partial charge in [0.25, 0.3) is 0 Å². The molecule has 1 aliphatic heterocycles. The maximum Gasteiger partial charge on any atom is 0.219 e. The largest absolute Gasteiger partial charge is 0.356 e. The molecular weight excluding hydrogens is 250 g/mol. The highest BCUT2D eigenvalue weighted by Crippen LogP contribution is 2.04. The van der Waals surface area contributed by atoms with Crippen molar-refractivity contribution in [2.75, 3.05) is 45.8 Å². The van der Waals surface area contributed by atoms with Crippen molar-refractivity contribution in [3.05, 3.63) is 0 Å². The van der Waals surface area contributed by atoms with E-state index in [2.05, 4.69) is 22.0 Å². The Labute approximate surface area is 124 Å². The Morgan fingerprint density at radius 1 is 0.900 bits per heavy atom. The first-order valence-corrected chi connectivity index (χ1v) is 8.47. The zero-order chi connectivity index (χ0) is 14.6. The van der Waals surface area contributed by atoms with Crippen molar-refractivity contribution in [2.24, 2.45) is 0 Å². The maximum absolute atomic E-state index is 11.3. The summed E-state index contributed by atoms with van der Waals surface area (Å²) in [6.07, 6.45) is 6.53. The SMILES string of the molecule is CCCCN1CCN(CCCCNC(=O)CCC)CC1. The Balaban J connectivity index is 1.95. The quantitative estimate of drug-likeness (QED) is 0.624. The highest BCUT2D eigenvalue weighted by molar-refractivity contribution is 5.75. The number of hydrogen-bond donors (Lipinski definition) is 1. The molecule has 0 atom stereocenters. The molecule has 0 radical (unpaired) electrons. The number of rotatable bonds is 10. The summed E-state index contributed by atoms with van der Waals surface area (Å²) in [4.78, 5) is 16.5. The minimum Gasteiger partial charge on any atom is -0.356 e. The van der Waals surface area contributed by atoms with Crippen molar-refractivity contribution in [1.29, 1.82) is 0 Å². The van der Waals surface area contributed by atoms with E-state index in [1.165, 1.54) is 58.5 Å². The van der Waals surface area contributed by atoms with Gasteiger partial charge in [0, 0.05) is 39.1 Å². The first kappa shape index (κ1) is 17.4. The van der Waals surface area contributed by atoms with Crippen LogP contribution in [0, 0.1) is 0 Å². The van der Waals surface area contributed by atoms with Gasteiger partial charge in [-0.25, -0.2) is 0 Å². The van der Waals surface area contributed by atoms with Gasteiger partial charge < -0.3 is 15.1 Å². The number of carbonyl (C=O) groups is 1. The number of nitrogens with zero attached hydrogens (tertiary/aromatic N) is 2. The summed E-state index contributed by atoms with van der Waals surface area (Å²) in [5, 5.41) is 2.99. The number of nitrogens with one attached hydrogen (secondary N) is 1. The number of unbranched alkanes of at least 4 members (excludes halogenated alkanes) is 2. The van der Waals surface area contributed by atoms with E-state index >= 15 is 0 Å². The molecule has 0 spiro atoms. The van der Waals surface area contributed by atoms with Crippen molar-refractivity contribution >= 4 is 5.91 Å². The number of carbonyl (C=O) groups excluding carboxylic acids is 1. The van der Waals surface area contributed by atoms with Crippen molar-refractivity contribution in [2.45, 2.75) is 52.4 Å². The molecule has 1 aliphatic rings. The van der Waals surface area contributed by atoms with Crippen LogP contribution >= 0.6 is 0 Å². The van der Waals surface area contributed by atoms with Gasteiger partial charge in [0.15, 0.2) is 0 Å². The van der Waals surface area contributed by atoms with Crippen LogP contribution in [0.5, 0.6) is 0 Å².